The van der Waals surface area contributed by atoms with Gasteiger partial charge in [0.1, 0.15) is 91.0 Å². The Morgan fingerprint density at radius 2 is 0.574 bits per heavy atom. The van der Waals surface area contributed by atoms with Crippen molar-refractivity contribution < 1.29 is 112 Å². The molecule has 0 spiro atoms. The monoisotopic (exact) mass is 1840 g/mol. The zero-order valence-electron chi connectivity index (χ0n) is 74.2. The van der Waals surface area contributed by atoms with Crippen molar-refractivity contribution in [1.82, 2.24) is 72.0 Å². The van der Waals surface area contributed by atoms with E-state index >= 15 is 0 Å². The third-order valence-corrected chi connectivity index (χ3v) is 25.0. The maximum Gasteiger partial charge on any atom is 0.253 e. The largest absolute Gasteiger partial charge is 0.461 e. The summed E-state index contributed by atoms with van der Waals surface area (Å²) in [4.78, 5) is 177. The van der Waals surface area contributed by atoms with Crippen LogP contribution in [0.25, 0.3) is 131 Å². The third kappa shape index (κ3) is 16.8. The number of aromatic nitrogens is 8. The summed E-state index contributed by atoms with van der Waals surface area (Å²) in [6, 6.07) is 36.3. The first-order valence-corrected chi connectivity index (χ1v) is 43.8. The summed E-state index contributed by atoms with van der Waals surface area (Å²) in [5.74, 6) is -2.86. The number of hydrogen-bond donors (Lipinski definition) is 4. The molecule has 18 aromatic rings. The van der Waals surface area contributed by atoms with Crippen LogP contribution in [-0.2, 0) is 57.5 Å². The number of fused-ring (bicyclic) bond motifs is 18. The van der Waals surface area contributed by atoms with E-state index in [-0.39, 0.29) is 95.0 Å². The predicted octanol–water partition coefficient (Wildman–Crippen LogP) is 14.6. The van der Waals surface area contributed by atoms with E-state index in [1.54, 1.807) is 103 Å². The lowest BCUT2D eigenvalue weighted by molar-refractivity contribution is -0.136. The number of carbonyl (C=O) groups excluding carboxylic acids is 14. The van der Waals surface area contributed by atoms with Gasteiger partial charge in [-0.25, -0.2) is 9.97 Å². The maximum absolute atomic E-state index is 12.3. The number of rotatable bonds is 8. The fourth-order valence-electron chi connectivity index (χ4n) is 18.5. The van der Waals surface area contributed by atoms with E-state index < -0.39 is 35.5 Å². The molecule has 4 aliphatic heterocycles. The molecule has 6 aliphatic rings. The van der Waals surface area contributed by atoms with Crippen LogP contribution in [0.15, 0.2) is 166 Å². The van der Waals surface area contributed by atoms with E-state index in [9.17, 15) is 67.1 Å². The summed E-state index contributed by atoms with van der Waals surface area (Å²) in [6.07, 6.45) is 4.55. The molecule has 0 bridgehead atoms. The van der Waals surface area contributed by atoms with E-state index in [0.29, 0.717) is 201 Å². The Balaban J connectivity index is 0.000000105. The standard InChI is InChI=1S/2C20H18N2O4.2C15H12N2O4.2C14H11N3O4/c2*1-22(2)20(25)12-3-6-14-11(9-12)4-8-17-18(14)19(21-26-17)15-7-5-13(23)10-16(15)24;2*1-7-6-9-10(20-7)3-4-11-13(9)14(17-21-11)8-2-5-12(18)16-15(8)19;2*1-6-15-13-9(20-6)4-3-8-11(13)12(17-21-8)7-2-5-10(18)16-14(7)19/h2*3-4,6,8-9,15H,5,7,10H2,1-2H3;2*3-4,6,8H,2,5H2,1H3,(H,16,18,19);2*3-4,7H,2,5H2,1H3,(H,16,18,19)/t2*15-;2*8-;2*7-/m101010/s1. The van der Waals surface area contributed by atoms with Crippen molar-refractivity contribution in [3.05, 3.63) is 190 Å². The predicted molar refractivity (Wildman–Crippen MR) is 482 cm³/mol. The smallest absolute Gasteiger partial charge is 0.253 e. The van der Waals surface area contributed by atoms with Gasteiger partial charge >= 0.3 is 0 Å². The van der Waals surface area contributed by atoms with Crippen LogP contribution >= 0.6 is 0 Å². The zero-order chi connectivity index (χ0) is 95.1. The van der Waals surface area contributed by atoms with E-state index in [0.717, 1.165) is 76.5 Å². The number of imide groups is 4. The molecule has 688 valence electrons. The lowest BCUT2D eigenvalue weighted by Gasteiger charge is -2.18. The first kappa shape index (κ1) is 88.6. The molecule has 0 radical (unpaired) electrons. The maximum atomic E-state index is 12.3. The number of ketones is 4. The number of nitrogens with zero attached hydrogens (tertiary/aromatic N) is 10. The Kier molecular flexibility index (Phi) is 23.3. The summed E-state index contributed by atoms with van der Waals surface area (Å²) in [5.41, 5.74) is 12.0. The van der Waals surface area contributed by atoms with Crippen molar-refractivity contribution in [2.45, 2.75) is 153 Å². The van der Waals surface area contributed by atoms with E-state index in [2.05, 4.69) is 62.2 Å². The van der Waals surface area contributed by atoms with Gasteiger partial charge in [-0.2, -0.15) is 0 Å². The molecule has 10 amide bonds. The van der Waals surface area contributed by atoms with Crippen LogP contribution in [0, 0.1) is 27.7 Å². The Bertz CT molecular complexity index is 7350. The Morgan fingerprint density at radius 1 is 0.301 bits per heavy atom. The second-order valence-corrected chi connectivity index (χ2v) is 34.6. The molecule has 8 aromatic carbocycles. The number of piperidine rings is 4. The van der Waals surface area contributed by atoms with Crippen molar-refractivity contribution >= 4 is 214 Å². The lowest BCUT2D eigenvalue weighted by atomic mass is 9.83. The van der Waals surface area contributed by atoms with Crippen molar-refractivity contribution in [3.63, 3.8) is 0 Å². The van der Waals surface area contributed by atoms with Crippen molar-refractivity contribution in [2.75, 3.05) is 28.2 Å². The van der Waals surface area contributed by atoms with Crippen LogP contribution in [0.3, 0.4) is 0 Å². The van der Waals surface area contributed by atoms with Crippen LogP contribution in [0.1, 0.15) is 204 Å². The minimum Gasteiger partial charge on any atom is -0.461 e. The van der Waals surface area contributed by atoms with Gasteiger partial charge in [-0.15, -0.1) is 0 Å². The highest BCUT2D eigenvalue weighted by atomic mass is 16.5. The molecule has 0 unspecified atom stereocenters. The minimum absolute atomic E-state index is 0.0178. The number of hydrogen-bond acceptors (Lipinski definition) is 32. The molecule has 4 saturated heterocycles. The molecule has 14 heterocycles. The summed E-state index contributed by atoms with van der Waals surface area (Å²) >= 11 is 0. The number of Topliss-reactive ketones (excluding diaryl/α,β-unsaturated/α-hetero) is 4. The first-order chi connectivity index (χ1) is 65.4. The highest BCUT2D eigenvalue weighted by Gasteiger charge is 2.40. The number of benzene rings is 8. The summed E-state index contributed by atoms with van der Waals surface area (Å²) in [6.45, 7) is 7.24. The Hall–Kier alpha value is -16.7. The summed E-state index contributed by atoms with van der Waals surface area (Å²) < 4.78 is 54.4. The Morgan fingerprint density at radius 3 is 0.882 bits per heavy atom. The third-order valence-electron chi connectivity index (χ3n) is 25.0. The van der Waals surface area contributed by atoms with Gasteiger partial charge in [0.15, 0.2) is 56.4 Å². The van der Waals surface area contributed by atoms with Gasteiger partial charge in [0, 0.05) is 102 Å². The molecule has 24 rings (SSSR count). The number of carbonyl (C=O) groups is 14. The first-order valence-electron chi connectivity index (χ1n) is 43.8. The number of amides is 10. The number of furan rings is 2. The summed E-state index contributed by atoms with van der Waals surface area (Å²) in [7, 11) is 6.85. The average molecular weight is 1840 g/mol. The van der Waals surface area contributed by atoms with E-state index in [1.807, 2.05) is 74.5 Å². The molecular formula is C98H82N14O24. The number of aryl methyl sites for hydroxylation is 4. The molecule has 6 fully saturated rings. The SMILES string of the molecule is CN(C)C(=O)c1ccc2c(ccc3onc([C@@H]4CCC(=O)CC4=O)c32)c1.CN(C)C(=O)c1ccc2c(ccc3onc([C@H]4CCC(=O)CC4=O)c32)c1.Cc1cc2c(ccc3onc([C@@H]4CCC(=O)NC4=O)c32)o1.Cc1cc2c(ccc3onc([C@H]4CCC(=O)NC4=O)c32)o1.Cc1nc2c(ccc3onc([C@@H]4CCC(=O)NC4=O)c32)o1.Cc1nc2c(ccc3onc([C@H]4CCC(=O)NC4=O)c32)o1. The second kappa shape index (κ2) is 35.8. The van der Waals surface area contributed by atoms with Gasteiger partial charge in [-0.3, -0.25) is 88.4 Å². The highest BCUT2D eigenvalue weighted by Crippen LogP contribution is 2.44. The molecule has 10 aromatic heterocycles. The van der Waals surface area contributed by atoms with Crippen LogP contribution in [0.4, 0.5) is 0 Å². The Labute approximate surface area is 765 Å². The quantitative estimate of drug-likeness (QED) is 0.0810. The van der Waals surface area contributed by atoms with Gasteiger partial charge in [0.25, 0.3) is 11.8 Å². The fraction of sp³-hybridized carbons (Fsp3) is 0.286. The van der Waals surface area contributed by atoms with Crippen LogP contribution < -0.4 is 21.3 Å². The van der Waals surface area contributed by atoms with E-state index in [1.165, 1.54) is 9.80 Å². The van der Waals surface area contributed by atoms with Gasteiger partial charge in [-0.05, 0) is 171 Å². The minimum atomic E-state index is -0.508. The molecule has 2 aliphatic carbocycles. The van der Waals surface area contributed by atoms with E-state index in [4.69, 9.17) is 44.8 Å². The normalized spacial score (nSPS) is 18.8. The molecule has 2 saturated carbocycles. The molecule has 38 nitrogen and oxygen atoms in total. The number of nitrogens with one attached hydrogen (secondary N) is 4. The van der Waals surface area contributed by atoms with Gasteiger partial charge in [0.2, 0.25) is 47.3 Å². The average Bonchev–Trinajstić information content (AvgIpc) is 1.66. The van der Waals surface area contributed by atoms with Crippen molar-refractivity contribution in [3.8, 4) is 0 Å². The van der Waals surface area contributed by atoms with Gasteiger partial charge < -0.3 is 54.6 Å². The molecular weight excluding hydrogens is 1760 g/mol. The lowest BCUT2D eigenvalue weighted by Crippen LogP contribution is -2.39. The highest BCUT2D eigenvalue weighted by molar-refractivity contribution is 6.17. The van der Waals surface area contributed by atoms with Crippen LogP contribution in [-0.4, -0.2) is 161 Å². The zero-order valence-corrected chi connectivity index (χ0v) is 74.2. The topological polar surface area (TPSA) is 528 Å². The fourth-order valence-corrected chi connectivity index (χ4v) is 18.5. The number of oxazole rings is 2. The molecule has 136 heavy (non-hydrogen) atoms. The molecule has 6 atom stereocenters. The summed E-state index contributed by atoms with van der Waals surface area (Å²) in [5, 5.41) is 43.7. The van der Waals surface area contributed by atoms with Gasteiger partial charge in [-0.1, -0.05) is 55.2 Å². The van der Waals surface area contributed by atoms with Crippen LogP contribution in [0.5, 0.6) is 0 Å². The van der Waals surface area contributed by atoms with Crippen molar-refractivity contribution in [2.24, 2.45) is 0 Å². The van der Waals surface area contributed by atoms with Gasteiger partial charge in [0.05, 0.1) is 80.7 Å². The molecule has 4 N–H and O–H groups in total. The van der Waals surface area contributed by atoms with Crippen molar-refractivity contribution in [1.29, 1.82) is 0 Å². The molecule has 38 heteroatoms. The van der Waals surface area contributed by atoms with Crippen LogP contribution in [0.2, 0.25) is 0 Å². The second-order valence-electron chi connectivity index (χ2n) is 34.6.